The number of nitrogens with zero attached hydrogens (tertiary/aromatic N) is 2. The number of alkyl carbamates (subject to hydrolysis) is 1. The van der Waals surface area contributed by atoms with Gasteiger partial charge in [0.15, 0.2) is 5.78 Å². The maximum atomic E-state index is 14.0. The zero-order chi connectivity index (χ0) is 30.0. The van der Waals surface area contributed by atoms with Crippen molar-refractivity contribution >= 4 is 23.7 Å². The van der Waals surface area contributed by atoms with Gasteiger partial charge in [0.25, 0.3) is 11.8 Å². The molecule has 2 N–H and O–H groups in total. The van der Waals surface area contributed by atoms with Crippen LogP contribution in [0.1, 0.15) is 61.3 Å². The van der Waals surface area contributed by atoms with Gasteiger partial charge in [-0.05, 0) is 51.0 Å². The number of ether oxygens (including phenoxy) is 1. The average Bonchev–Trinajstić information content (AvgIpc) is 3.47. The van der Waals surface area contributed by atoms with Gasteiger partial charge < -0.3 is 15.4 Å². The second-order valence-corrected chi connectivity index (χ2v) is 11.4. The molecule has 1 saturated heterocycles. The van der Waals surface area contributed by atoms with Crippen molar-refractivity contribution in [1.82, 2.24) is 20.7 Å². The van der Waals surface area contributed by atoms with Gasteiger partial charge in [0, 0.05) is 17.3 Å². The Labute approximate surface area is 245 Å². The normalized spacial score (nSPS) is 20.9. The minimum atomic E-state index is -0.920. The maximum Gasteiger partial charge on any atom is 0.408 e. The minimum absolute atomic E-state index is 0.340. The predicted octanol–water partition coefficient (Wildman–Crippen LogP) is 4.71. The van der Waals surface area contributed by atoms with Crippen LogP contribution in [-0.2, 0) is 14.3 Å². The molecule has 4 atom stereocenters. The van der Waals surface area contributed by atoms with Crippen molar-refractivity contribution in [3.63, 3.8) is 0 Å². The topological polar surface area (TPSA) is 108 Å². The molecule has 0 saturated carbocycles. The van der Waals surface area contributed by atoms with Crippen molar-refractivity contribution in [2.45, 2.75) is 57.5 Å². The number of carbonyl (C=O) groups excluding carboxylic acids is 4. The summed E-state index contributed by atoms with van der Waals surface area (Å²) in [6.45, 7) is 6.82. The number of rotatable bonds is 7. The van der Waals surface area contributed by atoms with E-state index in [0.717, 1.165) is 11.1 Å². The first-order valence-corrected chi connectivity index (χ1v) is 13.9. The number of hydrogen-bond donors (Lipinski definition) is 2. The maximum absolute atomic E-state index is 14.0. The van der Waals surface area contributed by atoms with Crippen LogP contribution in [0.15, 0.2) is 103 Å². The quantitative estimate of drug-likeness (QED) is 0.429. The van der Waals surface area contributed by atoms with Crippen LogP contribution in [-0.4, -0.2) is 51.4 Å². The van der Waals surface area contributed by atoms with Gasteiger partial charge in [-0.2, -0.15) is 5.01 Å². The van der Waals surface area contributed by atoms with Crippen LogP contribution >= 0.6 is 0 Å². The summed E-state index contributed by atoms with van der Waals surface area (Å²) in [5.41, 5.74) is 1.64. The molecule has 0 aliphatic carbocycles. The van der Waals surface area contributed by atoms with E-state index in [9.17, 15) is 19.2 Å². The highest BCUT2D eigenvalue weighted by atomic mass is 16.6. The zero-order valence-corrected chi connectivity index (χ0v) is 24.0. The Morgan fingerprint density at radius 3 is 1.95 bits per heavy atom. The summed E-state index contributed by atoms with van der Waals surface area (Å²) in [5, 5.41) is 8.85. The summed E-state index contributed by atoms with van der Waals surface area (Å²) in [5.74, 6) is -1.10. The lowest BCUT2D eigenvalue weighted by Crippen LogP contribution is -2.45. The van der Waals surface area contributed by atoms with Crippen LogP contribution in [0.3, 0.4) is 0 Å². The van der Waals surface area contributed by atoms with Gasteiger partial charge in [0.05, 0.1) is 18.1 Å². The predicted molar refractivity (Wildman–Crippen MR) is 157 cm³/mol. The number of hydrogen-bond acceptors (Lipinski definition) is 6. The molecule has 2 aliphatic rings. The third kappa shape index (κ3) is 5.82. The lowest BCUT2D eigenvalue weighted by molar-refractivity contribution is -0.134. The number of Topliss-reactive ketones (excluding diaryl/α,β-unsaturated/α-hetero) is 1. The average molecular weight is 567 g/mol. The van der Waals surface area contributed by atoms with Gasteiger partial charge >= 0.3 is 6.09 Å². The van der Waals surface area contributed by atoms with Crippen molar-refractivity contribution in [3.8, 4) is 0 Å². The van der Waals surface area contributed by atoms with E-state index in [2.05, 4.69) is 10.6 Å². The Kier molecular flexibility index (Phi) is 7.95. The molecule has 3 aromatic rings. The Balaban J connectivity index is 1.53. The number of fused-ring (bicyclic) bond motifs is 1. The summed E-state index contributed by atoms with van der Waals surface area (Å²) in [7, 11) is 0. The molecule has 0 aromatic heterocycles. The number of hydrazine groups is 1. The molecule has 0 spiro atoms. The lowest BCUT2D eigenvalue weighted by atomic mass is 9.90. The molecule has 42 heavy (non-hydrogen) atoms. The fraction of sp³-hybridized carbons (Fsp3) is 0.273. The zero-order valence-electron chi connectivity index (χ0n) is 24.0. The van der Waals surface area contributed by atoms with Gasteiger partial charge in [-0.3, -0.25) is 14.4 Å². The van der Waals surface area contributed by atoms with E-state index in [4.69, 9.17) is 4.74 Å². The number of benzene rings is 3. The molecule has 5 rings (SSSR count). The second-order valence-electron chi connectivity index (χ2n) is 11.4. The Morgan fingerprint density at radius 1 is 0.833 bits per heavy atom. The molecule has 0 radical (unpaired) electrons. The van der Waals surface area contributed by atoms with Gasteiger partial charge in [-0.15, -0.1) is 0 Å². The van der Waals surface area contributed by atoms with Crippen LogP contribution < -0.4 is 10.6 Å². The van der Waals surface area contributed by atoms with Gasteiger partial charge in [-0.25, -0.2) is 9.80 Å². The van der Waals surface area contributed by atoms with Gasteiger partial charge in [0.2, 0.25) is 0 Å². The third-order valence-electron chi connectivity index (χ3n) is 7.15. The minimum Gasteiger partial charge on any atom is -0.444 e. The number of carbonyl (C=O) groups is 4. The smallest absolute Gasteiger partial charge is 0.408 e. The van der Waals surface area contributed by atoms with Crippen molar-refractivity contribution in [1.29, 1.82) is 0 Å². The first-order chi connectivity index (χ1) is 20.0. The standard InChI is InChI=1S/C33H34N4O5/c1-21(34-32(41)42-33(2,3)4)29(38)25-20-36-31(40)26(35-30(39)24-18-12-7-13-19-24)28(23-16-10-6-11-17-23)37(36)27(25)22-14-8-5-9-15-22/h5-21,26-28H,1-4H3,(H,34,41)(H,35,39)/t21-,26-,27+,28-/m0/s1. The van der Waals surface area contributed by atoms with Crippen molar-refractivity contribution in [2.75, 3.05) is 0 Å². The number of ketones is 1. The fourth-order valence-electron chi connectivity index (χ4n) is 5.35. The molecule has 3 aromatic carbocycles. The molecule has 3 amide bonds. The largest absolute Gasteiger partial charge is 0.444 e. The Bertz CT molecular complexity index is 1500. The van der Waals surface area contributed by atoms with E-state index in [1.165, 1.54) is 11.2 Å². The van der Waals surface area contributed by atoms with Crippen molar-refractivity contribution in [2.24, 2.45) is 0 Å². The van der Waals surface area contributed by atoms with E-state index in [1.54, 1.807) is 52.0 Å². The molecule has 9 nitrogen and oxygen atoms in total. The van der Waals surface area contributed by atoms with Gasteiger partial charge in [0.1, 0.15) is 11.6 Å². The Hall–Kier alpha value is -4.76. The molecule has 0 unspecified atom stereocenters. The second kappa shape index (κ2) is 11.6. The molecular weight excluding hydrogens is 532 g/mol. The fourth-order valence-corrected chi connectivity index (χ4v) is 5.35. The molecule has 9 heteroatoms. The van der Waals surface area contributed by atoms with Gasteiger partial charge in [-0.1, -0.05) is 78.9 Å². The SMILES string of the molecule is C[C@H](NC(=O)OC(C)(C)C)C(=O)C1=CN2C(=O)[C@@H](NC(=O)c3ccccc3)[C@H](c3ccccc3)N2[C@@H]1c1ccccc1. The van der Waals surface area contributed by atoms with Crippen LogP contribution in [0.2, 0.25) is 0 Å². The highest BCUT2D eigenvalue weighted by Crippen LogP contribution is 2.48. The Morgan fingerprint density at radius 2 is 1.38 bits per heavy atom. The summed E-state index contributed by atoms with van der Waals surface area (Å²) >= 11 is 0. The van der Waals surface area contributed by atoms with Crippen LogP contribution in [0.4, 0.5) is 4.79 Å². The third-order valence-corrected chi connectivity index (χ3v) is 7.15. The summed E-state index contributed by atoms with van der Waals surface area (Å²) in [6.07, 6.45) is 0.821. The first kappa shape index (κ1) is 28.8. The molecule has 2 aliphatic heterocycles. The molecule has 216 valence electrons. The summed E-state index contributed by atoms with van der Waals surface area (Å²) in [6, 6.07) is 24.4. The van der Waals surface area contributed by atoms with Crippen LogP contribution in [0.25, 0.3) is 0 Å². The molecular formula is C33H34N4O5. The monoisotopic (exact) mass is 566 g/mol. The van der Waals surface area contributed by atoms with Crippen LogP contribution in [0, 0.1) is 0 Å². The van der Waals surface area contributed by atoms with E-state index >= 15 is 0 Å². The molecule has 2 heterocycles. The number of nitrogens with one attached hydrogen (secondary N) is 2. The van der Waals surface area contributed by atoms with E-state index in [1.807, 2.05) is 71.7 Å². The van der Waals surface area contributed by atoms with E-state index in [0.29, 0.717) is 11.1 Å². The number of amides is 3. The lowest BCUT2D eigenvalue weighted by Gasteiger charge is -2.33. The van der Waals surface area contributed by atoms with E-state index < -0.39 is 35.9 Å². The summed E-state index contributed by atoms with van der Waals surface area (Å²) < 4.78 is 5.35. The van der Waals surface area contributed by atoms with Crippen molar-refractivity contribution < 1.29 is 23.9 Å². The summed E-state index contributed by atoms with van der Waals surface area (Å²) in [4.78, 5) is 53.6. The molecule has 1 fully saturated rings. The van der Waals surface area contributed by atoms with Crippen molar-refractivity contribution in [3.05, 3.63) is 119 Å². The first-order valence-electron chi connectivity index (χ1n) is 13.9. The highest BCUT2D eigenvalue weighted by Gasteiger charge is 2.55. The van der Waals surface area contributed by atoms with E-state index in [-0.39, 0.29) is 17.6 Å². The van der Waals surface area contributed by atoms with Crippen LogP contribution in [0.5, 0.6) is 0 Å². The highest BCUT2D eigenvalue weighted by molar-refractivity contribution is 6.04. The molecule has 0 bridgehead atoms.